The molecule has 0 aliphatic carbocycles. The average Bonchev–Trinajstić information content (AvgIpc) is 2.83. The molecule has 1 heterocycles. The second-order valence-electron chi connectivity index (χ2n) is 4.90. The standard InChI is InChI=1S/C13H16N2O5/c1-13(2,12(17)18)14-6-11(16)15-8-3-4-9-10(5-8)20-7-19-9/h3-5,14H,6-7H2,1-2H3,(H,15,16)(H,17,18). The van der Waals surface area contributed by atoms with Gasteiger partial charge in [0, 0.05) is 11.8 Å². The topological polar surface area (TPSA) is 96.9 Å². The number of carboxylic acid groups (broad SMARTS) is 1. The van der Waals surface area contributed by atoms with E-state index in [0.717, 1.165) is 0 Å². The average molecular weight is 280 g/mol. The number of carboxylic acids is 1. The summed E-state index contributed by atoms with van der Waals surface area (Å²) in [6.07, 6.45) is 0. The Morgan fingerprint density at radius 2 is 2.00 bits per heavy atom. The van der Waals surface area contributed by atoms with Crippen molar-refractivity contribution in [2.45, 2.75) is 19.4 Å². The van der Waals surface area contributed by atoms with E-state index in [-0.39, 0.29) is 19.2 Å². The van der Waals surface area contributed by atoms with Crippen LogP contribution in [0.1, 0.15) is 13.8 Å². The van der Waals surface area contributed by atoms with Gasteiger partial charge in [-0.05, 0) is 26.0 Å². The minimum absolute atomic E-state index is 0.103. The number of anilines is 1. The number of benzene rings is 1. The maximum atomic E-state index is 11.7. The predicted octanol–water partition coefficient (Wildman–Crippen LogP) is 0.807. The Morgan fingerprint density at radius 1 is 1.30 bits per heavy atom. The van der Waals surface area contributed by atoms with Gasteiger partial charge in [0.2, 0.25) is 12.7 Å². The number of hydrogen-bond acceptors (Lipinski definition) is 5. The molecule has 0 fully saturated rings. The van der Waals surface area contributed by atoms with Crippen LogP contribution in [0.3, 0.4) is 0 Å². The molecule has 0 unspecified atom stereocenters. The van der Waals surface area contributed by atoms with Crippen LogP contribution in [-0.2, 0) is 9.59 Å². The molecule has 0 bridgehead atoms. The molecule has 0 saturated carbocycles. The number of carbonyl (C=O) groups excluding carboxylic acids is 1. The van der Waals surface area contributed by atoms with E-state index in [9.17, 15) is 9.59 Å². The lowest BCUT2D eigenvalue weighted by Crippen LogP contribution is -2.49. The number of amides is 1. The molecular weight excluding hydrogens is 264 g/mol. The van der Waals surface area contributed by atoms with Crippen LogP contribution in [0, 0.1) is 0 Å². The number of aliphatic carboxylic acids is 1. The van der Waals surface area contributed by atoms with E-state index < -0.39 is 11.5 Å². The van der Waals surface area contributed by atoms with Crippen molar-refractivity contribution in [2.24, 2.45) is 0 Å². The first kappa shape index (κ1) is 14.1. The molecule has 0 radical (unpaired) electrons. The van der Waals surface area contributed by atoms with E-state index in [1.165, 1.54) is 13.8 Å². The minimum atomic E-state index is -1.16. The molecule has 2 rings (SSSR count). The van der Waals surface area contributed by atoms with E-state index in [1.54, 1.807) is 18.2 Å². The number of hydrogen-bond donors (Lipinski definition) is 3. The largest absolute Gasteiger partial charge is 0.480 e. The number of fused-ring (bicyclic) bond motifs is 1. The maximum absolute atomic E-state index is 11.7. The quantitative estimate of drug-likeness (QED) is 0.738. The van der Waals surface area contributed by atoms with Crippen LogP contribution in [0.25, 0.3) is 0 Å². The summed E-state index contributed by atoms with van der Waals surface area (Å²) < 4.78 is 10.4. The highest BCUT2D eigenvalue weighted by Gasteiger charge is 2.26. The third kappa shape index (κ3) is 3.18. The Bertz CT molecular complexity index is 542. The first-order chi connectivity index (χ1) is 9.38. The first-order valence-corrected chi connectivity index (χ1v) is 6.06. The number of nitrogens with one attached hydrogen (secondary N) is 2. The summed E-state index contributed by atoms with van der Waals surface area (Å²) in [5, 5.41) is 14.2. The first-order valence-electron chi connectivity index (χ1n) is 6.06. The van der Waals surface area contributed by atoms with Crippen LogP contribution in [0.4, 0.5) is 5.69 Å². The molecule has 7 heteroatoms. The summed E-state index contributed by atoms with van der Waals surface area (Å²) in [4.78, 5) is 22.6. The van der Waals surface area contributed by atoms with E-state index in [4.69, 9.17) is 14.6 Å². The summed E-state index contributed by atoms with van der Waals surface area (Å²) in [5.41, 5.74) is -0.596. The highest BCUT2D eigenvalue weighted by Crippen LogP contribution is 2.34. The Morgan fingerprint density at radius 3 is 2.70 bits per heavy atom. The Labute approximate surface area is 115 Å². The number of carbonyl (C=O) groups is 2. The van der Waals surface area contributed by atoms with Crippen molar-refractivity contribution in [1.82, 2.24) is 5.32 Å². The molecule has 1 aliphatic heterocycles. The third-order valence-electron chi connectivity index (χ3n) is 2.88. The van der Waals surface area contributed by atoms with Crippen molar-refractivity contribution < 1.29 is 24.2 Å². The highest BCUT2D eigenvalue weighted by molar-refractivity contribution is 5.93. The van der Waals surface area contributed by atoms with E-state index >= 15 is 0 Å². The van der Waals surface area contributed by atoms with Gasteiger partial charge in [-0.1, -0.05) is 0 Å². The lowest BCUT2D eigenvalue weighted by atomic mass is 10.1. The SMILES string of the molecule is CC(C)(NCC(=O)Nc1ccc2c(c1)OCO2)C(=O)O. The molecule has 0 spiro atoms. The predicted molar refractivity (Wildman–Crippen MR) is 70.9 cm³/mol. The zero-order valence-electron chi connectivity index (χ0n) is 11.2. The molecule has 1 aliphatic rings. The Kier molecular flexibility index (Phi) is 3.80. The van der Waals surface area contributed by atoms with E-state index in [1.807, 2.05) is 0 Å². The molecule has 7 nitrogen and oxygen atoms in total. The van der Waals surface area contributed by atoms with Crippen molar-refractivity contribution in [3.8, 4) is 11.5 Å². The van der Waals surface area contributed by atoms with Crippen LogP contribution in [-0.4, -0.2) is 35.9 Å². The summed E-state index contributed by atoms with van der Waals surface area (Å²) in [6, 6.07) is 5.04. The summed E-state index contributed by atoms with van der Waals surface area (Å²) in [7, 11) is 0. The fraction of sp³-hybridized carbons (Fsp3) is 0.385. The van der Waals surface area contributed by atoms with Gasteiger partial charge in [0.05, 0.1) is 6.54 Å². The van der Waals surface area contributed by atoms with Gasteiger partial charge in [0.25, 0.3) is 0 Å². The van der Waals surface area contributed by atoms with Gasteiger partial charge in [-0.15, -0.1) is 0 Å². The van der Waals surface area contributed by atoms with E-state index in [0.29, 0.717) is 17.2 Å². The fourth-order valence-corrected chi connectivity index (χ4v) is 1.56. The third-order valence-corrected chi connectivity index (χ3v) is 2.88. The zero-order valence-corrected chi connectivity index (χ0v) is 11.2. The summed E-state index contributed by atoms with van der Waals surface area (Å²) >= 11 is 0. The lowest BCUT2D eigenvalue weighted by Gasteiger charge is -2.20. The Balaban J connectivity index is 1.90. The van der Waals surface area contributed by atoms with Gasteiger partial charge >= 0.3 is 5.97 Å². The monoisotopic (exact) mass is 280 g/mol. The van der Waals surface area contributed by atoms with Crippen LogP contribution < -0.4 is 20.1 Å². The molecule has 1 aromatic carbocycles. The molecular formula is C13H16N2O5. The second-order valence-corrected chi connectivity index (χ2v) is 4.90. The smallest absolute Gasteiger partial charge is 0.323 e. The van der Waals surface area contributed by atoms with Crippen molar-refractivity contribution >= 4 is 17.6 Å². The number of rotatable bonds is 5. The van der Waals surface area contributed by atoms with Crippen LogP contribution in [0.2, 0.25) is 0 Å². The molecule has 20 heavy (non-hydrogen) atoms. The second kappa shape index (κ2) is 5.38. The molecule has 1 aromatic rings. The van der Waals surface area contributed by atoms with E-state index in [2.05, 4.69) is 10.6 Å². The van der Waals surface area contributed by atoms with Gasteiger partial charge in [-0.2, -0.15) is 0 Å². The van der Waals surface area contributed by atoms with Crippen LogP contribution in [0.15, 0.2) is 18.2 Å². The molecule has 0 saturated heterocycles. The maximum Gasteiger partial charge on any atom is 0.323 e. The van der Waals surface area contributed by atoms with Gasteiger partial charge in [-0.3, -0.25) is 14.9 Å². The molecule has 0 atom stereocenters. The zero-order chi connectivity index (χ0) is 14.8. The van der Waals surface area contributed by atoms with Gasteiger partial charge in [0.1, 0.15) is 5.54 Å². The molecule has 108 valence electrons. The summed E-state index contributed by atoms with van der Waals surface area (Å²) in [5.74, 6) is -0.152. The van der Waals surface area contributed by atoms with Crippen LogP contribution in [0.5, 0.6) is 11.5 Å². The molecule has 1 amide bonds. The van der Waals surface area contributed by atoms with Gasteiger partial charge in [-0.25, -0.2) is 0 Å². The fourth-order valence-electron chi connectivity index (χ4n) is 1.56. The number of ether oxygens (including phenoxy) is 2. The highest BCUT2D eigenvalue weighted by atomic mass is 16.7. The summed E-state index contributed by atoms with van der Waals surface area (Å²) in [6.45, 7) is 3.04. The van der Waals surface area contributed by atoms with Crippen molar-refractivity contribution in [3.05, 3.63) is 18.2 Å². The van der Waals surface area contributed by atoms with Crippen LogP contribution >= 0.6 is 0 Å². The van der Waals surface area contributed by atoms with Gasteiger partial charge < -0.3 is 19.9 Å². The lowest BCUT2D eigenvalue weighted by molar-refractivity contribution is -0.143. The van der Waals surface area contributed by atoms with Gasteiger partial charge in [0.15, 0.2) is 11.5 Å². The van der Waals surface area contributed by atoms with Crippen molar-refractivity contribution in [1.29, 1.82) is 0 Å². The van der Waals surface area contributed by atoms with Crippen molar-refractivity contribution in [2.75, 3.05) is 18.7 Å². The molecule has 3 N–H and O–H groups in total. The normalized spacial score (nSPS) is 13.1. The Hall–Kier alpha value is -2.28. The molecule has 0 aromatic heterocycles. The van der Waals surface area contributed by atoms with Crippen molar-refractivity contribution in [3.63, 3.8) is 0 Å². The minimum Gasteiger partial charge on any atom is -0.480 e.